The van der Waals surface area contributed by atoms with Crippen molar-refractivity contribution < 1.29 is 18.3 Å². The quantitative estimate of drug-likeness (QED) is 0.770. The lowest BCUT2D eigenvalue weighted by molar-refractivity contribution is 0.0697. The van der Waals surface area contributed by atoms with E-state index in [1.807, 2.05) is 0 Å². The summed E-state index contributed by atoms with van der Waals surface area (Å²) in [5.74, 6) is -1.11. The second kappa shape index (κ2) is 5.80. The minimum Gasteiger partial charge on any atom is -0.478 e. The third-order valence-electron chi connectivity index (χ3n) is 2.49. The first-order chi connectivity index (χ1) is 9.38. The Balaban J connectivity index is 2.31. The molecule has 20 heavy (non-hydrogen) atoms. The maximum absolute atomic E-state index is 12.1. The van der Waals surface area contributed by atoms with Crippen molar-refractivity contribution in [3.8, 4) is 0 Å². The zero-order valence-corrected chi connectivity index (χ0v) is 13.1. The molecule has 2 aromatic rings. The van der Waals surface area contributed by atoms with E-state index < -0.39 is 16.0 Å². The van der Waals surface area contributed by atoms with E-state index in [1.54, 1.807) is 12.1 Å². The fourth-order valence-electron chi connectivity index (χ4n) is 1.54. The summed E-state index contributed by atoms with van der Waals surface area (Å²) in [7, 11) is -3.72. The highest BCUT2D eigenvalue weighted by molar-refractivity contribution is 14.1. The molecule has 2 rings (SSSR count). The fourth-order valence-corrected chi connectivity index (χ4v) is 2.95. The van der Waals surface area contributed by atoms with Gasteiger partial charge < -0.3 is 5.11 Å². The van der Waals surface area contributed by atoms with Gasteiger partial charge in [-0.15, -0.1) is 0 Å². The van der Waals surface area contributed by atoms with Crippen molar-refractivity contribution in [2.75, 3.05) is 4.72 Å². The van der Waals surface area contributed by atoms with Crippen molar-refractivity contribution in [3.63, 3.8) is 0 Å². The maximum atomic E-state index is 12.1. The summed E-state index contributed by atoms with van der Waals surface area (Å²) in [5.41, 5.74) is 0.233. The molecule has 0 bridgehead atoms. The van der Waals surface area contributed by atoms with Gasteiger partial charge in [-0.2, -0.15) is 0 Å². The molecule has 0 spiro atoms. The molecule has 0 fully saturated rings. The van der Waals surface area contributed by atoms with Crippen LogP contribution in [0.1, 0.15) is 10.4 Å². The first-order valence-corrected chi connectivity index (χ1v) is 8.06. The predicted octanol–water partition coefficient (Wildman–Crippen LogP) is 2.79. The fraction of sp³-hybridized carbons (Fsp3) is 0. The van der Waals surface area contributed by atoms with Gasteiger partial charge in [0.2, 0.25) is 0 Å². The number of benzene rings is 2. The molecule has 0 saturated heterocycles. The average Bonchev–Trinajstić information content (AvgIpc) is 2.39. The van der Waals surface area contributed by atoms with E-state index in [2.05, 4.69) is 27.3 Å². The van der Waals surface area contributed by atoms with Gasteiger partial charge in [0.05, 0.1) is 10.5 Å². The molecule has 0 aliphatic carbocycles. The Hall–Kier alpha value is -1.61. The monoisotopic (exact) mass is 403 g/mol. The van der Waals surface area contributed by atoms with Crippen molar-refractivity contribution >= 4 is 44.3 Å². The summed E-state index contributed by atoms with van der Waals surface area (Å²) in [6.45, 7) is 0. The van der Waals surface area contributed by atoms with Gasteiger partial charge in [-0.25, -0.2) is 13.2 Å². The molecule has 0 saturated carbocycles. The summed E-state index contributed by atoms with van der Waals surface area (Å²) in [5, 5.41) is 8.88. The summed E-state index contributed by atoms with van der Waals surface area (Å²) >= 11 is 2.08. The maximum Gasteiger partial charge on any atom is 0.335 e. The number of halogens is 1. The van der Waals surface area contributed by atoms with Crippen molar-refractivity contribution in [1.29, 1.82) is 0 Å². The molecular formula is C13H10INO4S. The lowest BCUT2D eigenvalue weighted by atomic mass is 10.2. The summed E-state index contributed by atoms with van der Waals surface area (Å²) < 4.78 is 27.5. The molecule has 7 heteroatoms. The normalized spacial score (nSPS) is 11.1. The number of carbonyl (C=O) groups is 1. The van der Waals surface area contributed by atoms with E-state index in [4.69, 9.17) is 5.11 Å². The van der Waals surface area contributed by atoms with Gasteiger partial charge in [-0.1, -0.05) is 6.07 Å². The molecule has 0 radical (unpaired) electrons. The number of anilines is 1. The largest absolute Gasteiger partial charge is 0.478 e. The molecule has 0 aromatic heterocycles. The molecule has 2 N–H and O–H groups in total. The summed E-state index contributed by atoms with van der Waals surface area (Å²) in [6, 6.07) is 12.0. The van der Waals surface area contributed by atoms with Crippen molar-refractivity contribution in [2.24, 2.45) is 0 Å². The molecule has 104 valence electrons. The highest BCUT2D eigenvalue weighted by atomic mass is 127. The Morgan fingerprint density at radius 3 is 2.35 bits per heavy atom. The third-order valence-corrected chi connectivity index (χ3v) is 4.60. The Bertz CT molecular complexity index is 741. The molecule has 5 nitrogen and oxygen atoms in total. The number of sulfonamides is 1. The minimum atomic E-state index is -3.72. The number of hydrogen-bond acceptors (Lipinski definition) is 3. The number of hydrogen-bond donors (Lipinski definition) is 2. The second-order valence-electron chi connectivity index (χ2n) is 3.95. The van der Waals surface area contributed by atoms with Crippen LogP contribution in [0.25, 0.3) is 0 Å². The van der Waals surface area contributed by atoms with Gasteiger partial charge in [-0.05, 0) is 65.1 Å². The number of carboxylic acid groups (broad SMARTS) is 1. The van der Waals surface area contributed by atoms with Crippen molar-refractivity contribution in [3.05, 3.63) is 57.7 Å². The van der Waals surface area contributed by atoms with E-state index in [-0.39, 0.29) is 16.1 Å². The van der Waals surface area contributed by atoms with Crippen LogP contribution in [-0.4, -0.2) is 19.5 Å². The van der Waals surface area contributed by atoms with Gasteiger partial charge in [0.15, 0.2) is 0 Å². The highest BCUT2D eigenvalue weighted by Crippen LogP contribution is 2.18. The molecule has 0 aliphatic rings. The smallest absolute Gasteiger partial charge is 0.335 e. The molecule has 0 aliphatic heterocycles. The molecular weight excluding hydrogens is 393 g/mol. The zero-order chi connectivity index (χ0) is 14.8. The SMILES string of the molecule is O=C(O)c1cccc(NS(=O)(=O)c2ccc(I)cc2)c1. The van der Waals surface area contributed by atoms with Gasteiger partial charge in [-0.3, -0.25) is 4.72 Å². The molecule has 2 aromatic carbocycles. The van der Waals surface area contributed by atoms with E-state index >= 15 is 0 Å². The van der Waals surface area contributed by atoms with E-state index in [9.17, 15) is 13.2 Å². The first kappa shape index (κ1) is 14.8. The van der Waals surface area contributed by atoms with Crippen molar-refractivity contribution in [1.82, 2.24) is 0 Å². The highest BCUT2D eigenvalue weighted by Gasteiger charge is 2.14. The van der Waals surface area contributed by atoms with Gasteiger partial charge in [0, 0.05) is 9.26 Å². The van der Waals surface area contributed by atoms with Crippen LogP contribution in [-0.2, 0) is 10.0 Å². The Labute approximate surface area is 129 Å². The van der Waals surface area contributed by atoms with E-state index in [0.29, 0.717) is 0 Å². The molecule has 0 amide bonds. The van der Waals surface area contributed by atoms with Crippen LogP contribution in [0.3, 0.4) is 0 Å². The Morgan fingerprint density at radius 1 is 1.10 bits per heavy atom. The molecule has 0 unspecified atom stereocenters. The number of aromatic carboxylic acids is 1. The van der Waals surface area contributed by atoms with Crippen LogP contribution in [0.15, 0.2) is 53.4 Å². The Morgan fingerprint density at radius 2 is 1.75 bits per heavy atom. The number of nitrogens with one attached hydrogen (secondary N) is 1. The van der Waals surface area contributed by atoms with Crippen LogP contribution in [0.5, 0.6) is 0 Å². The number of rotatable bonds is 4. The first-order valence-electron chi connectivity index (χ1n) is 5.50. The van der Waals surface area contributed by atoms with Crippen LogP contribution in [0, 0.1) is 3.57 Å². The van der Waals surface area contributed by atoms with E-state index in [0.717, 1.165) is 3.57 Å². The van der Waals surface area contributed by atoms with Crippen LogP contribution < -0.4 is 4.72 Å². The average molecular weight is 403 g/mol. The predicted molar refractivity (Wildman–Crippen MR) is 83.4 cm³/mol. The standard InChI is InChI=1S/C13H10INO4S/c14-10-4-6-12(7-5-10)20(18,19)15-11-3-1-2-9(8-11)13(16)17/h1-8,15H,(H,16,17). The lowest BCUT2D eigenvalue weighted by Crippen LogP contribution is -2.13. The van der Waals surface area contributed by atoms with Gasteiger partial charge in [0.1, 0.15) is 0 Å². The Kier molecular flexibility index (Phi) is 4.29. The topological polar surface area (TPSA) is 83.5 Å². The number of carboxylic acids is 1. The van der Waals surface area contributed by atoms with Crippen LogP contribution >= 0.6 is 22.6 Å². The van der Waals surface area contributed by atoms with Gasteiger partial charge >= 0.3 is 5.97 Å². The zero-order valence-electron chi connectivity index (χ0n) is 10.1. The molecule has 0 heterocycles. The van der Waals surface area contributed by atoms with E-state index in [1.165, 1.54) is 36.4 Å². The lowest BCUT2D eigenvalue weighted by Gasteiger charge is -2.08. The minimum absolute atomic E-state index is 0.0211. The molecule has 0 atom stereocenters. The summed E-state index contributed by atoms with van der Waals surface area (Å²) in [4.78, 5) is 11.0. The third kappa shape index (κ3) is 3.48. The van der Waals surface area contributed by atoms with Gasteiger partial charge in [0.25, 0.3) is 10.0 Å². The van der Waals surface area contributed by atoms with Crippen LogP contribution in [0.2, 0.25) is 0 Å². The van der Waals surface area contributed by atoms with Crippen molar-refractivity contribution in [2.45, 2.75) is 4.90 Å². The second-order valence-corrected chi connectivity index (χ2v) is 6.87. The summed E-state index contributed by atoms with van der Waals surface area (Å²) in [6.07, 6.45) is 0. The van der Waals surface area contributed by atoms with Crippen LogP contribution in [0.4, 0.5) is 5.69 Å².